The quantitative estimate of drug-likeness (QED) is 0.328. The summed E-state index contributed by atoms with van der Waals surface area (Å²) >= 11 is 2.82. The molecule has 1 amide bonds. The van der Waals surface area contributed by atoms with Crippen LogP contribution in [0.1, 0.15) is 30.1 Å². The molecule has 0 radical (unpaired) electrons. The highest BCUT2D eigenvalue weighted by Gasteiger charge is 2.12. The van der Waals surface area contributed by atoms with Crippen LogP contribution in [0.3, 0.4) is 0 Å². The Hall–Kier alpha value is -2.38. The SMILES string of the molecule is CCCCOC(=O)c1ccc2nc(NC(=O)CSc3ccccc3)sc2c1. The van der Waals surface area contributed by atoms with Gasteiger partial charge in [0.15, 0.2) is 5.13 Å². The molecule has 3 aromatic rings. The first-order valence-electron chi connectivity index (χ1n) is 8.71. The lowest BCUT2D eigenvalue weighted by Crippen LogP contribution is -2.13. The lowest BCUT2D eigenvalue weighted by atomic mass is 10.2. The third-order valence-electron chi connectivity index (χ3n) is 3.71. The van der Waals surface area contributed by atoms with E-state index in [1.165, 1.54) is 23.1 Å². The van der Waals surface area contributed by atoms with E-state index in [9.17, 15) is 9.59 Å². The van der Waals surface area contributed by atoms with Crippen molar-refractivity contribution < 1.29 is 14.3 Å². The summed E-state index contributed by atoms with van der Waals surface area (Å²) in [7, 11) is 0. The van der Waals surface area contributed by atoms with Gasteiger partial charge in [0.2, 0.25) is 5.91 Å². The highest BCUT2D eigenvalue weighted by Crippen LogP contribution is 2.27. The molecule has 0 fully saturated rings. The van der Waals surface area contributed by atoms with E-state index < -0.39 is 0 Å². The van der Waals surface area contributed by atoms with Gasteiger partial charge in [0, 0.05) is 4.90 Å². The first-order valence-corrected chi connectivity index (χ1v) is 10.5. The smallest absolute Gasteiger partial charge is 0.338 e. The third-order valence-corrected chi connectivity index (χ3v) is 5.66. The number of carbonyl (C=O) groups is 2. The van der Waals surface area contributed by atoms with Crippen molar-refractivity contribution in [2.24, 2.45) is 0 Å². The van der Waals surface area contributed by atoms with Crippen molar-refractivity contribution >= 4 is 50.3 Å². The molecule has 0 atom stereocenters. The van der Waals surface area contributed by atoms with E-state index in [4.69, 9.17) is 4.74 Å². The number of nitrogens with zero attached hydrogens (tertiary/aromatic N) is 1. The van der Waals surface area contributed by atoms with Gasteiger partial charge in [-0.3, -0.25) is 4.79 Å². The molecular weight excluding hydrogens is 380 g/mol. The maximum atomic E-state index is 12.1. The summed E-state index contributed by atoms with van der Waals surface area (Å²) in [5, 5.41) is 3.35. The zero-order chi connectivity index (χ0) is 19.1. The molecule has 5 nitrogen and oxygen atoms in total. The molecule has 0 aliphatic rings. The first kappa shape index (κ1) is 19.4. The molecule has 27 heavy (non-hydrogen) atoms. The predicted molar refractivity (Wildman–Crippen MR) is 111 cm³/mol. The van der Waals surface area contributed by atoms with Crippen molar-refractivity contribution in [1.29, 1.82) is 0 Å². The van der Waals surface area contributed by atoms with Crippen LogP contribution >= 0.6 is 23.1 Å². The molecule has 0 spiro atoms. The molecule has 1 aromatic heterocycles. The summed E-state index contributed by atoms with van der Waals surface area (Å²) < 4.78 is 6.07. The average Bonchev–Trinajstić information content (AvgIpc) is 3.08. The molecule has 3 rings (SSSR count). The summed E-state index contributed by atoms with van der Waals surface area (Å²) in [6, 6.07) is 15.0. The number of hydrogen-bond acceptors (Lipinski definition) is 6. The molecule has 1 heterocycles. The van der Waals surface area contributed by atoms with Gasteiger partial charge in [-0.25, -0.2) is 9.78 Å². The molecule has 7 heteroatoms. The Morgan fingerprint density at radius 2 is 2.00 bits per heavy atom. The van der Waals surface area contributed by atoms with Crippen LogP contribution in [0.2, 0.25) is 0 Å². The van der Waals surface area contributed by atoms with Crippen LogP contribution in [0.25, 0.3) is 10.2 Å². The second kappa shape index (κ2) is 9.53. The van der Waals surface area contributed by atoms with Crippen molar-refractivity contribution in [3.05, 3.63) is 54.1 Å². The molecule has 0 bridgehead atoms. The maximum Gasteiger partial charge on any atom is 0.338 e. The molecule has 0 aliphatic carbocycles. The minimum Gasteiger partial charge on any atom is -0.462 e. The van der Waals surface area contributed by atoms with Gasteiger partial charge < -0.3 is 10.1 Å². The molecule has 0 saturated carbocycles. The Morgan fingerprint density at radius 3 is 2.78 bits per heavy atom. The number of anilines is 1. The van der Waals surface area contributed by atoms with Crippen LogP contribution in [0, 0.1) is 0 Å². The zero-order valence-electron chi connectivity index (χ0n) is 14.9. The fourth-order valence-corrected chi connectivity index (χ4v) is 3.96. The third kappa shape index (κ3) is 5.55. The molecule has 0 aliphatic heterocycles. The summed E-state index contributed by atoms with van der Waals surface area (Å²) in [5.41, 5.74) is 1.25. The highest BCUT2D eigenvalue weighted by atomic mass is 32.2. The van der Waals surface area contributed by atoms with Crippen molar-refractivity contribution in [2.75, 3.05) is 17.7 Å². The number of thiazole rings is 1. The van der Waals surface area contributed by atoms with Gasteiger partial charge in [0.1, 0.15) is 0 Å². The largest absolute Gasteiger partial charge is 0.462 e. The minimum atomic E-state index is -0.330. The molecule has 0 unspecified atom stereocenters. The van der Waals surface area contributed by atoms with Crippen LogP contribution in [0.4, 0.5) is 5.13 Å². The Balaban J connectivity index is 1.60. The minimum absolute atomic E-state index is 0.109. The van der Waals surface area contributed by atoms with Crippen LogP contribution < -0.4 is 5.32 Å². The van der Waals surface area contributed by atoms with Gasteiger partial charge in [0.25, 0.3) is 0 Å². The lowest BCUT2D eigenvalue weighted by molar-refractivity contribution is -0.113. The lowest BCUT2D eigenvalue weighted by Gasteiger charge is -2.03. The van der Waals surface area contributed by atoms with Crippen molar-refractivity contribution in [1.82, 2.24) is 4.98 Å². The summed E-state index contributed by atoms with van der Waals surface area (Å²) in [4.78, 5) is 29.7. The van der Waals surface area contributed by atoms with Gasteiger partial charge in [-0.1, -0.05) is 42.9 Å². The van der Waals surface area contributed by atoms with E-state index in [1.807, 2.05) is 37.3 Å². The monoisotopic (exact) mass is 400 g/mol. The number of aromatic nitrogens is 1. The first-order chi connectivity index (χ1) is 13.2. The molecule has 0 saturated heterocycles. The van der Waals surface area contributed by atoms with Gasteiger partial charge in [-0.15, -0.1) is 11.8 Å². The van der Waals surface area contributed by atoms with Crippen molar-refractivity contribution in [3.63, 3.8) is 0 Å². The normalized spacial score (nSPS) is 10.7. The van der Waals surface area contributed by atoms with Gasteiger partial charge in [-0.2, -0.15) is 0 Å². The fourth-order valence-electron chi connectivity index (χ4n) is 2.32. The summed E-state index contributed by atoms with van der Waals surface area (Å²) in [6.45, 7) is 2.47. The van der Waals surface area contributed by atoms with E-state index in [-0.39, 0.29) is 11.9 Å². The Morgan fingerprint density at radius 1 is 1.19 bits per heavy atom. The summed E-state index contributed by atoms with van der Waals surface area (Å²) in [5.74, 6) is -0.125. The van der Waals surface area contributed by atoms with Crippen LogP contribution in [-0.4, -0.2) is 29.2 Å². The van der Waals surface area contributed by atoms with E-state index in [2.05, 4.69) is 10.3 Å². The standard InChI is InChI=1S/C20H20N2O3S2/c1-2-3-11-25-19(24)14-9-10-16-17(12-14)27-20(21-16)22-18(23)13-26-15-7-5-4-6-8-15/h4-10,12H,2-3,11,13H2,1H3,(H,21,22,23). The Bertz CT molecular complexity index is 925. The maximum absolute atomic E-state index is 12.1. The number of rotatable bonds is 8. The number of benzene rings is 2. The molecule has 140 valence electrons. The number of unbranched alkanes of at least 4 members (excludes halogenated alkanes) is 1. The number of hydrogen-bond donors (Lipinski definition) is 1. The zero-order valence-corrected chi connectivity index (χ0v) is 16.6. The van der Waals surface area contributed by atoms with E-state index >= 15 is 0 Å². The molecule has 2 aromatic carbocycles. The second-order valence-corrected chi connectivity index (χ2v) is 7.92. The van der Waals surface area contributed by atoms with E-state index in [0.717, 1.165) is 28.0 Å². The molecular formula is C20H20N2O3S2. The Kier molecular flexibility index (Phi) is 6.84. The second-order valence-electron chi connectivity index (χ2n) is 5.84. The number of esters is 1. The number of nitrogens with one attached hydrogen (secondary N) is 1. The predicted octanol–water partition coefficient (Wildman–Crippen LogP) is 4.98. The van der Waals surface area contributed by atoms with Gasteiger partial charge in [-0.05, 0) is 36.8 Å². The van der Waals surface area contributed by atoms with E-state index in [1.54, 1.807) is 18.2 Å². The fraction of sp³-hybridized carbons (Fsp3) is 0.250. The number of thioether (sulfide) groups is 1. The highest BCUT2D eigenvalue weighted by molar-refractivity contribution is 8.00. The number of carbonyl (C=O) groups excluding carboxylic acids is 2. The summed E-state index contributed by atoms with van der Waals surface area (Å²) in [6.07, 6.45) is 1.83. The van der Waals surface area contributed by atoms with Gasteiger partial charge in [0.05, 0.1) is 28.1 Å². The Labute approximate surface area is 166 Å². The molecule has 1 N–H and O–H groups in total. The van der Waals surface area contributed by atoms with Crippen LogP contribution in [0.5, 0.6) is 0 Å². The van der Waals surface area contributed by atoms with E-state index in [0.29, 0.717) is 23.1 Å². The number of amides is 1. The van der Waals surface area contributed by atoms with Crippen LogP contribution in [0.15, 0.2) is 53.4 Å². The van der Waals surface area contributed by atoms with Gasteiger partial charge >= 0.3 is 5.97 Å². The van der Waals surface area contributed by atoms with Crippen molar-refractivity contribution in [2.45, 2.75) is 24.7 Å². The average molecular weight is 401 g/mol. The number of ether oxygens (including phenoxy) is 1. The topological polar surface area (TPSA) is 68.3 Å². The van der Waals surface area contributed by atoms with Crippen LogP contribution in [-0.2, 0) is 9.53 Å². The van der Waals surface area contributed by atoms with Crippen molar-refractivity contribution in [3.8, 4) is 0 Å². The number of fused-ring (bicyclic) bond motifs is 1.